The van der Waals surface area contributed by atoms with Crippen molar-refractivity contribution in [1.82, 2.24) is 15.5 Å². The number of sulfonamides is 1. The van der Waals surface area contributed by atoms with Gasteiger partial charge in [-0.1, -0.05) is 31.1 Å². The lowest BCUT2D eigenvalue weighted by atomic mass is 10.2. The summed E-state index contributed by atoms with van der Waals surface area (Å²) in [6, 6.07) is 6.17. The van der Waals surface area contributed by atoms with Crippen molar-refractivity contribution in [3.8, 4) is 0 Å². The van der Waals surface area contributed by atoms with Crippen molar-refractivity contribution in [1.29, 1.82) is 0 Å². The number of rotatable bonds is 8. The molecule has 1 aromatic heterocycles. The number of carbonyl (C=O) groups is 1. The number of carbonyl (C=O) groups excluding carboxylic acids is 1. The van der Waals surface area contributed by atoms with Crippen molar-refractivity contribution in [2.45, 2.75) is 50.5 Å². The van der Waals surface area contributed by atoms with Crippen LogP contribution in [0.5, 0.6) is 0 Å². The van der Waals surface area contributed by atoms with Crippen molar-refractivity contribution in [2.24, 2.45) is 5.14 Å². The van der Waals surface area contributed by atoms with E-state index in [1.807, 2.05) is 13.8 Å². The van der Waals surface area contributed by atoms with Crippen LogP contribution in [0.4, 0.5) is 0 Å². The number of aromatic nitrogens is 2. The summed E-state index contributed by atoms with van der Waals surface area (Å²) in [6.45, 7) is 4.19. The van der Waals surface area contributed by atoms with E-state index in [2.05, 4.69) is 15.5 Å². The molecule has 2 aromatic rings. The molecule has 2 rings (SSSR count). The lowest BCUT2D eigenvalue weighted by Crippen LogP contribution is -2.22. The fraction of sp³-hybridized carbons (Fsp3) is 0.438. The van der Waals surface area contributed by atoms with Crippen molar-refractivity contribution in [3.05, 3.63) is 41.5 Å². The van der Waals surface area contributed by atoms with Gasteiger partial charge in [-0.2, -0.15) is 4.98 Å². The van der Waals surface area contributed by atoms with Gasteiger partial charge in [0.05, 0.1) is 4.90 Å². The number of aryl methyl sites for hydroxylation is 1. The van der Waals surface area contributed by atoms with Gasteiger partial charge < -0.3 is 9.84 Å². The molecule has 25 heavy (non-hydrogen) atoms. The molecule has 0 bridgehead atoms. The average molecular weight is 366 g/mol. The van der Waals surface area contributed by atoms with E-state index in [1.165, 1.54) is 12.1 Å². The molecular formula is C16H22N4O4S. The van der Waals surface area contributed by atoms with Gasteiger partial charge in [-0.15, -0.1) is 0 Å². The van der Waals surface area contributed by atoms with Crippen LogP contribution < -0.4 is 10.5 Å². The predicted octanol–water partition coefficient (Wildman–Crippen LogP) is 1.48. The van der Waals surface area contributed by atoms with Gasteiger partial charge in [-0.3, -0.25) is 4.79 Å². The molecule has 0 fully saturated rings. The molecular weight excluding hydrogens is 344 g/mol. The van der Waals surface area contributed by atoms with E-state index in [4.69, 9.17) is 9.66 Å². The van der Waals surface area contributed by atoms with Gasteiger partial charge in [0.25, 0.3) is 0 Å². The minimum Gasteiger partial charge on any atom is -0.352 e. The van der Waals surface area contributed by atoms with Crippen molar-refractivity contribution in [3.63, 3.8) is 0 Å². The maximum Gasteiger partial charge on any atom is 0.238 e. The summed E-state index contributed by atoms with van der Waals surface area (Å²) in [6.07, 6.45) is 1.44. The molecule has 0 radical (unpaired) electrons. The lowest BCUT2D eigenvalue weighted by Gasteiger charge is -2.06. The Balaban J connectivity index is 1.77. The van der Waals surface area contributed by atoms with Crippen LogP contribution >= 0.6 is 0 Å². The monoisotopic (exact) mass is 366 g/mol. The third kappa shape index (κ3) is 5.95. The number of nitrogens with two attached hydrogens (primary N) is 1. The van der Waals surface area contributed by atoms with E-state index in [1.54, 1.807) is 12.1 Å². The third-order valence-electron chi connectivity index (χ3n) is 3.51. The molecule has 1 aromatic carbocycles. The van der Waals surface area contributed by atoms with Gasteiger partial charge in [0.15, 0.2) is 5.82 Å². The molecule has 9 heteroatoms. The second-order valence-corrected chi connectivity index (χ2v) is 7.59. The molecule has 1 heterocycles. The number of hydrogen-bond acceptors (Lipinski definition) is 6. The number of amides is 1. The van der Waals surface area contributed by atoms with Crippen LogP contribution in [-0.4, -0.2) is 24.5 Å². The zero-order valence-electron chi connectivity index (χ0n) is 14.2. The summed E-state index contributed by atoms with van der Waals surface area (Å²) in [5, 5.41) is 11.7. The Labute approximate surface area is 146 Å². The molecule has 136 valence electrons. The Morgan fingerprint density at radius 2 is 2.12 bits per heavy atom. The maximum atomic E-state index is 11.9. The molecule has 0 aliphatic heterocycles. The van der Waals surface area contributed by atoms with Crippen LogP contribution in [0, 0.1) is 0 Å². The number of benzene rings is 1. The normalized spacial score (nSPS) is 11.7. The van der Waals surface area contributed by atoms with Crippen LogP contribution in [0.25, 0.3) is 0 Å². The highest BCUT2D eigenvalue weighted by Crippen LogP contribution is 2.12. The molecule has 0 saturated heterocycles. The molecule has 0 atom stereocenters. The first-order chi connectivity index (χ1) is 11.8. The Hall–Kier alpha value is -2.26. The fourth-order valence-electron chi connectivity index (χ4n) is 2.13. The van der Waals surface area contributed by atoms with Crippen LogP contribution in [0.15, 0.2) is 33.7 Å². The van der Waals surface area contributed by atoms with Gasteiger partial charge in [-0.05, 0) is 24.1 Å². The highest BCUT2D eigenvalue weighted by atomic mass is 32.2. The van der Waals surface area contributed by atoms with Gasteiger partial charge in [0, 0.05) is 25.3 Å². The lowest BCUT2D eigenvalue weighted by molar-refractivity contribution is -0.121. The second-order valence-electron chi connectivity index (χ2n) is 6.02. The van der Waals surface area contributed by atoms with Crippen LogP contribution in [-0.2, 0) is 27.8 Å². The van der Waals surface area contributed by atoms with E-state index in [9.17, 15) is 13.2 Å². The molecule has 0 saturated carbocycles. The van der Waals surface area contributed by atoms with Crippen molar-refractivity contribution >= 4 is 15.9 Å². The molecule has 0 aliphatic carbocycles. The minimum atomic E-state index is -3.75. The van der Waals surface area contributed by atoms with E-state index in [-0.39, 0.29) is 23.3 Å². The number of nitrogens with zero attached hydrogens (tertiary/aromatic N) is 2. The first-order valence-corrected chi connectivity index (χ1v) is 9.51. The van der Waals surface area contributed by atoms with Crippen LogP contribution in [0.1, 0.15) is 49.9 Å². The summed E-state index contributed by atoms with van der Waals surface area (Å²) < 4.78 is 27.7. The standard InChI is InChI=1S/C16H22N4O4S/c1-11(2)16-19-15(24-20-16)8-4-7-14(21)18-10-12-5-3-6-13(9-12)25(17,22)23/h3,5-6,9,11H,4,7-8,10H2,1-2H3,(H,18,21)(H2,17,22,23). The quantitative estimate of drug-likeness (QED) is 0.728. The SMILES string of the molecule is CC(C)c1noc(CCCC(=O)NCc2cccc(S(N)(=O)=O)c2)n1. The highest BCUT2D eigenvalue weighted by Gasteiger charge is 2.11. The van der Waals surface area contributed by atoms with Gasteiger partial charge in [0.2, 0.25) is 21.8 Å². The second kappa shape index (κ2) is 8.21. The largest absolute Gasteiger partial charge is 0.352 e. The number of hydrogen-bond donors (Lipinski definition) is 2. The first-order valence-electron chi connectivity index (χ1n) is 7.96. The summed E-state index contributed by atoms with van der Waals surface area (Å²) in [4.78, 5) is 16.2. The average Bonchev–Trinajstić information content (AvgIpc) is 3.02. The van der Waals surface area contributed by atoms with E-state index in [0.29, 0.717) is 36.5 Å². The summed E-state index contributed by atoms with van der Waals surface area (Å²) in [5.74, 6) is 1.25. The molecule has 0 aliphatic rings. The minimum absolute atomic E-state index is 0.0246. The number of primary sulfonamides is 1. The molecule has 0 unspecified atom stereocenters. The van der Waals surface area contributed by atoms with Gasteiger partial charge >= 0.3 is 0 Å². The summed E-state index contributed by atoms with van der Waals surface area (Å²) >= 11 is 0. The predicted molar refractivity (Wildman–Crippen MR) is 91.0 cm³/mol. The maximum absolute atomic E-state index is 11.9. The van der Waals surface area contributed by atoms with E-state index in [0.717, 1.165) is 0 Å². The smallest absolute Gasteiger partial charge is 0.238 e. The van der Waals surface area contributed by atoms with Crippen LogP contribution in [0.2, 0.25) is 0 Å². The molecule has 8 nitrogen and oxygen atoms in total. The van der Waals surface area contributed by atoms with Crippen LogP contribution in [0.3, 0.4) is 0 Å². The van der Waals surface area contributed by atoms with Crippen molar-refractivity contribution in [2.75, 3.05) is 0 Å². The Kier molecular flexibility index (Phi) is 6.27. The molecule has 3 N–H and O–H groups in total. The van der Waals surface area contributed by atoms with Crippen molar-refractivity contribution < 1.29 is 17.7 Å². The Morgan fingerprint density at radius 1 is 1.36 bits per heavy atom. The first kappa shape index (κ1) is 19.1. The zero-order valence-corrected chi connectivity index (χ0v) is 15.0. The van der Waals surface area contributed by atoms with Gasteiger partial charge in [-0.25, -0.2) is 13.6 Å². The van der Waals surface area contributed by atoms with E-state index < -0.39 is 10.0 Å². The summed E-state index contributed by atoms with van der Waals surface area (Å²) in [7, 11) is -3.75. The van der Waals surface area contributed by atoms with E-state index >= 15 is 0 Å². The fourth-order valence-corrected chi connectivity index (χ4v) is 2.71. The number of nitrogens with one attached hydrogen (secondary N) is 1. The zero-order chi connectivity index (χ0) is 18.4. The molecule has 0 spiro atoms. The Morgan fingerprint density at radius 3 is 2.76 bits per heavy atom. The Bertz CT molecular complexity index is 830. The topological polar surface area (TPSA) is 128 Å². The highest BCUT2D eigenvalue weighted by molar-refractivity contribution is 7.89. The molecule has 1 amide bonds. The van der Waals surface area contributed by atoms with Gasteiger partial charge in [0.1, 0.15) is 0 Å². The summed E-state index contributed by atoms with van der Waals surface area (Å²) in [5.41, 5.74) is 0.665. The third-order valence-corrected chi connectivity index (χ3v) is 4.42.